The maximum Gasteiger partial charge on any atom is 0.312 e. The fourth-order valence-corrected chi connectivity index (χ4v) is 1.24. The Morgan fingerprint density at radius 1 is 1.38 bits per heavy atom. The van der Waals surface area contributed by atoms with Gasteiger partial charge in [-0.1, -0.05) is 12.1 Å². The van der Waals surface area contributed by atoms with Crippen molar-refractivity contribution in [3.8, 4) is 0 Å². The Kier molecular flexibility index (Phi) is 4.01. The van der Waals surface area contributed by atoms with Gasteiger partial charge >= 0.3 is 5.97 Å². The summed E-state index contributed by atoms with van der Waals surface area (Å²) >= 11 is 0. The molecule has 1 atom stereocenters. The van der Waals surface area contributed by atoms with Gasteiger partial charge in [0.25, 0.3) is 0 Å². The summed E-state index contributed by atoms with van der Waals surface area (Å²) in [7, 11) is 1.90. The minimum atomic E-state index is -0.308. The average molecular weight is 214 g/mol. The summed E-state index contributed by atoms with van der Waals surface area (Å²) in [5.41, 5.74) is 0.847. The van der Waals surface area contributed by atoms with Gasteiger partial charge in [0.05, 0.1) is 15.9 Å². The second-order valence-corrected chi connectivity index (χ2v) is 3.36. The van der Waals surface area contributed by atoms with E-state index in [0.717, 1.165) is 5.56 Å². The molecule has 3 nitrogen and oxygen atoms in total. The lowest BCUT2D eigenvalue weighted by Gasteiger charge is -1.98. The molecule has 0 aliphatic carbocycles. The third kappa shape index (κ3) is 3.22. The van der Waals surface area contributed by atoms with Crippen LogP contribution in [0.5, 0.6) is 0 Å². The smallest absolute Gasteiger partial charge is 0.312 e. The molecule has 0 N–H and O–H groups in total. The molecular formula is C8H8O3P2. The quantitative estimate of drug-likeness (QED) is 0.715. The summed E-state index contributed by atoms with van der Waals surface area (Å²) < 4.78 is 14.8. The Morgan fingerprint density at radius 3 is 2.46 bits per heavy atom. The van der Waals surface area contributed by atoms with Crippen LogP contribution >= 0.6 is 17.9 Å². The Balaban J connectivity index is 2.69. The number of hydrogen-bond donors (Lipinski definition) is 0. The first-order valence-electron chi connectivity index (χ1n) is 3.58. The number of carbonyl (C=O) groups excluding carboxylic acids is 1. The first kappa shape index (κ1) is 10.3. The van der Waals surface area contributed by atoms with Crippen LogP contribution in [0.25, 0.3) is 0 Å². The van der Waals surface area contributed by atoms with Gasteiger partial charge in [-0.2, -0.15) is 0 Å². The van der Waals surface area contributed by atoms with Crippen molar-refractivity contribution >= 4 is 29.2 Å². The fourth-order valence-electron chi connectivity index (χ4n) is 0.883. The molecule has 5 heteroatoms. The summed E-state index contributed by atoms with van der Waals surface area (Å²) in [6.07, 6.45) is 0.236. The standard InChI is InChI=1S/C8H8O3P2/c9-8(11-12)5-6-1-3-7(13-10)4-2-6/h1-4H,5,12H2. The van der Waals surface area contributed by atoms with Crippen LogP contribution in [0.15, 0.2) is 24.3 Å². The maximum absolute atomic E-state index is 10.8. The van der Waals surface area contributed by atoms with E-state index in [1.54, 1.807) is 24.3 Å². The molecule has 0 radical (unpaired) electrons. The first-order chi connectivity index (χ1) is 6.26. The van der Waals surface area contributed by atoms with Crippen molar-refractivity contribution in [1.29, 1.82) is 0 Å². The van der Waals surface area contributed by atoms with Crippen LogP contribution in [0.4, 0.5) is 0 Å². The van der Waals surface area contributed by atoms with E-state index in [1.165, 1.54) is 0 Å². The van der Waals surface area contributed by atoms with Gasteiger partial charge in [-0.15, -0.1) is 0 Å². The number of carbonyl (C=O) groups is 1. The van der Waals surface area contributed by atoms with Gasteiger partial charge in [-0.3, -0.25) is 9.36 Å². The molecule has 0 aliphatic heterocycles. The molecule has 0 saturated heterocycles. The Hall–Kier alpha value is -0.780. The highest BCUT2D eigenvalue weighted by Gasteiger charge is 2.01. The summed E-state index contributed by atoms with van der Waals surface area (Å²) in [6, 6.07) is 6.92. The SMILES string of the molecule is O=Pc1ccc(CC(=O)OP)cc1. The molecule has 0 heterocycles. The highest BCUT2D eigenvalue weighted by atomic mass is 31.1. The van der Waals surface area contributed by atoms with E-state index in [2.05, 4.69) is 4.52 Å². The second-order valence-electron chi connectivity index (χ2n) is 2.42. The minimum Gasteiger partial charge on any atom is -0.451 e. The molecule has 1 unspecified atom stereocenters. The van der Waals surface area contributed by atoms with Crippen molar-refractivity contribution in [2.45, 2.75) is 6.42 Å². The molecule has 0 saturated carbocycles. The van der Waals surface area contributed by atoms with Gasteiger partial charge in [-0.05, 0) is 17.7 Å². The van der Waals surface area contributed by atoms with Crippen LogP contribution in [-0.2, 0) is 20.3 Å². The van der Waals surface area contributed by atoms with Crippen molar-refractivity contribution < 1.29 is 13.9 Å². The fraction of sp³-hybridized carbons (Fsp3) is 0.125. The summed E-state index contributed by atoms with van der Waals surface area (Å²) in [5.74, 6) is -0.308. The zero-order chi connectivity index (χ0) is 9.68. The molecule has 1 rings (SSSR count). The van der Waals surface area contributed by atoms with E-state index < -0.39 is 0 Å². The van der Waals surface area contributed by atoms with E-state index >= 15 is 0 Å². The third-order valence-electron chi connectivity index (χ3n) is 1.52. The molecule has 0 bridgehead atoms. The summed E-state index contributed by atoms with van der Waals surface area (Å²) in [6.45, 7) is 0. The van der Waals surface area contributed by atoms with Crippen molar-refractivity contribution in [2.24, 2.45) is 0 Å². The molecule has 0 fully saturated rings. The van der Waals surface area contributed by atoms with E-state index in [4.69, 9.17) is 0 Å². The van der Waals surface area contributed by atoms with Crippen molar-refractivity contribution in [3.05, 3.63) is 29.8 Å². The predicted octanol–water partition coefficient (Wildman–Crippen LogP) is 1.48. The van der Waals surface area contributed by atoms with Gasteiger partial charge in [-0.25, -0.2) is 0 Å². The van der Waals surface area contributed by atoms with Gasteiger partial charge < -0.3 is 4.52 Å². The van der Waals surface area contributed by atoms with Crippen molar-refractivity contribution in [2.75, 3.05) is 0 Å². The van der Waals surface area contributed by atoms with Crippen LogP contribution in [0.2, 0.25) is 0 Å². The van der Waals surface area contributed by atoms with E-state index in [1.807, 2.05) is 9.47 Å². The second kappa shape index (κ2) is 5.06. The highest BCUT2D eigenvalue weighted by Crippen LogP contribution is 2.04. The third-order valence-corrected chi connectivity index (χ3v) is 2.29. The van der Waals surface area contributed by atoms with Gasteiger partial charge in [0.2, 0.25) is 0 Å². The van der Waals surface area contributed by atoms with Gasteiger partial charge in [0.15, 0.2) is 8.46 Å². The lowest BCUT2D eigenvalue weighted by Crippen LogP contribution is -2.02. The number of hydrogen-bond acceptors (Lipinski definition) is 3. The molecule has 68 valence electrons. The van der Waals surface area contributed by atoms with Crippen LogP contribution in [0.3, 0.4) is 0 Å². The zero-order valence-electron chi connectivity index (χ0n) is 6.77. The van der Waals surface area contributed by atoms with Crippen molar-refractivity contribution in [1.82, 2.24) is 0 Å². The molecule has 0 aromatic heterocycles. The molecule has 13 heavy (non-hydrogen) atoms. The van der Waals surface area contributed by atoms with E-state index in [9.17, 15) is 9.36 Å². The Morgan fingerprint density at radius 2 is 2.00 bits per heavy atom. The number of rotatable bonds is 3. The Bertz CT molecular complexity index is 308. The lowest BCUT2D eigenvalue weighted by atomic mass is 10.2. The number of benzene rings is 1. The molecule has 1 aromatic carbocycles. The van der Waals surface area contributed by atoms with Crippen LogP contribution in [0, 0.1) is 0 Å². The summed E-state index contributed by atoms with van der Waals surface area (Å²) in [4.78, 5) is 10.8. The van der Waals surface area contributed by atoms with Gasteiger partial charge in [0.1, 0.15) is 0 Å². The monoisotopic (exact) mass is 214 g/mol. The average Bonchev–Trinajstić information content (AvgIpc) is 2.19. The largest absolute Gasteiger partial charge is 0.451 e. The Labute approximate surface area is 80.0 Å². The van der Waals surface area contributed by atoms with E-state index in [0.29, 0.717) is 5.30 Å². The molecular weight excluding hydrogens is 206 g/mol. The predicted molar refractivity (Wildman–Crippen MR) is 53.2 cm³/mol. The zero-order valence-corrected chi connectivity index (χ0v) is 8.81. The first-order valence-corrected chi connectivity index (χ1v) is 4.86. The topological polar surface area (TPSA) is 43.4 Å². The van der Waals surface area contributed by atoms with Gasteiger partial charge in [0, 0.05) is 5.30 Å². The summed E-state index contributed by atoms with van der Waals surface area (Å²) in [5, 5.41) is 0.697. The van der Waals surface area contributed by atoms with Crippen molar-refractivity contribution in [3.63, 3.8) is 0 Å². The molecule has 0 spiro atoms. The molecule has 0 amide bonds. The van der Waals surface area contributed by atoms with Crippen LogP contribution in [0.1, 0.15) is 5.56 Å². The lowest BCUT2D eigenvalue weighted by molar-refractivity contribution is -0.132. The maximum atomic E-state index is 10.8. The van der Waals surface area contributed by atoms with Crippen LogP contribution < -0.4 is 5.30 Å². The molecule has 1 aromatic rings. The van der Waals surface area contributed by atoms with E-state index in [-0.39, 0.29) is 20.9 Å². The van der Waals surface area contributed by atoms with Crippen LogP contribution in [-0.4, -0.2) is 5.97 Å². The minimum absolute atomic E-state index is 0.00793. The normalized spacial score (nSPS) is 9.92. The molecule has 0 aliphatic rings. The highest BCUT2D eigenvalue weighted by molar-refractivity contribution is 7.34.